The lowest BCUT2D eigenvalue weighted by Gasteiger charge is -2.05. The molecule has 1 amide bonds. The first-order chi connectivity index (χ1) is 12.3. The Kier molecular flexibility index (Phi) is 4.04. The predicted octanol–water partition coefficient (Wildman–Crippen LogP) is 3.04. The molecule has 0 saturated carbocycles. The molecule has 3 aromatic rings. The number of rotatable bonds is 5. The van der Waals surface area contributed by atoms with Crippen LogP contribution in [0.4, 0.5) is 5.69 Å². The first-order valence-electron chi connectivity index (χ1n) is 7.85. The Labute approximate surface area is 143 Å². The number of fused-ring (bicyclic) bond motifs is 1. The van der Waals surface area contributed by atoms with E-state index in [1.54, 1.807) is 18.2 Å². The highest BCUT2D eigenvalue weighted by Crippen LogP contribution is 2.34. The Hall–Kier alpha value is -3.35. The maximum absolute atomic E-state index is 12.1. The molecule has 0 unspecified atom stereocenters. The number of anilines is 1. The molecule has 2 heterocycles. The summed E-state index contributed by atoms with van der Waals surface area (Å²) in [5, 5.41) is 6.76. The van der Waals surface area contributed by atoms with Crippen molar-refractivity contribution >= 4 is 11.6 Å². The average Bonchev–Trinajstić information content (AvgIpc) is 3.30. The summed E-state index contributed by atoms with van der Waals surface area (Å²) >= 11 is 0. The monoisotopic (exact) mass is 337 g/mol. The van der Waals surface area contributed by atoms with E-state index in [0.29, 0.717) is 35.3 Å². The largest absolute Gasteiger partial charge is 0.454 e. The van der Waals surface area contributed by atoms with Gasteiger partial charge in [0, 0.05) is 30.2 Å². The van der Waals surface area contributed by atoms with Crippen molar-refractivity contribution in [1.29, 1.82) is 0 Å². The van der Waals surface area contributed by atoms with Crippen LogP contribution in [0.2, 0.25) is 0 Å². The second-order valence-corrected chi connectivity index (χ2v) is 5.49. The van der Waals surface area contributed by atoms with Crippen LogP contribution >= 0.6 is 0 Å². The molecule has 0 bridgehead atoms. The number of hydrogen-bond acceptors (Lipinski definition) is 6. The number of hydrogen-bond donors (Lipinski definition) is 1. The lowest BCUT2D eigenvalue weighted by molar-refractivity contribution is -0.116. The number of carbonyl (C=O) groups is 1. The summed E-state index contributed by atoms with van der Waals surface area (Å²) in [6.07, 6.45) is 0.612. The Bertz CT molecular complexity index is 892. The van der Waals surface area contributed by atoms with Crippen molar-refractivity contribution in [3.05, 3.63) is 54.4 Å². The molecule has 0 fully saturated rings. The minimum atomic E-state index is -0.140. The summed E-state index contributed by atoms with van der Waals surface area (Å²) in [5.74, 6) is 2.12. The maximum Gasteiger partial charge on any atom is 0.231 e. The number of benzene rings is 2. The second kappa shape index (κ2) is 6.64. The molecule has 2 aromatic carbocycles. The van der Waals surface area contributed by atoms with Crippen LogP contribution in [0.1, 0.15) is 12.3 Å². The summed E-state index contributed by atoms with van der Waals surface area (Å²) in [5.41, 5.74) is 1.53. The number of amides is 1. The number of carbonyl (C=O) groups excluding carboxylic acids is 1. The van der Waals surface area contributed by atoms with Crippen molar-refractivity contribution in [3.63, 3.8) is 0 Å². The zero-order valence-electron chi connectivity index (χ0n) is 13.3. The molecular weight excluding hydrogens is 322 g/mol. The van der Waals surface area contributed by atoms with Gasteiger partial charge in [-0.05, 0) is 12.1 Å². The van der Waals surface area contributed by atoms with Crippen LogP contribution in [0.25, 0.3) is 11.4 Å². The van der Waals surface area contributed by atoms with Gasteiger partial charge in [0.2, 0.25) is 24.4 Å². The van der Waals surface area contributed by atoms with Gasteiger partial charge in [-0.25, -0.2) is 0 Å². The molecule has 7 heteroatoms. The van der Waals surface area contributed by atoms with E-state index < -0.39 is 0 Å². The molecule has 25 heavy (non-hydrogen) atoms. The van der Waals surface area contributed by atoms with Gasteiger partial charge in [0.15, 0.2) is 11.5 Å². The third-order valence-corrected chi connectivity index (χ3v) is 3.72. The topological polar surface area (TPSA) is 86.5 Å². The van der Waals surface area contributed by atoms with E-state index in [-0.39, 0.29) is 19.1 Å². The fraction of sp³-hybridized carbons (Fsp3) is 0.167. The molecule has 1 aliphatic heterocycles. The smallest absolute Gasteiger partial charge is 0.231 e. The van der Waals surface area contributed by atoms with Gasteiger partial charge in [-0.3, -0.25) is 4.79 Å². The van der Waals surface area contributed by atoms with Crippen LogP contribution < -0.4 is 14.8 Å². The van der Waals surface area contributed by atoms with Crippen molar-refractivity contribution < 1.29 is 18.8 Å². The first kappa shape index (κ1) is 15.2. The zero-order valence-corrected chi connectivity index (χ0v) is 13.3. The van der Waals surface area contributed by atoms with E-state index in [1.807, 2.05) is 30.3 Å². The van der Waals surface area contributed by atoms with Crippen LogP contribution in [-0.2, 0) is 11.2 Å². The number of ether oxygens (including phenoxy) is 2. The highest BCUT2D eigenvalue weighted by molar-refractivity contribution is 5.91. The first-order valence-corrected chi connectivity index (χ1v) is 7.85. The van der Waals surface area contributed by atoms with Crippen LogP contribution in [0.5, 0.6) is 11.5 Å². The number of nitrogens with one attached hydrogen (secondary N) is 1. The zero-order chi connectivity index (χ0) is 17.1. The van der Waals surface area contributed by atoms with Crippen LogP contribution in [0.3, 0.4) is 0 Å². The highest BCUT2D eigenvalue weighted by Gasteiger charge is 2.15. The average molecular weight is 337 g/mol. The van der Waals surface area contributed by atoms with E-state index in [0.717, 1.165) is 5.56 Å². The Morgan fingerprint density at radius 3 is 2.80 bits per heavy atom. The van der Waals surface area contributed by atoms with Crippen molar-refractivity contribution in [2.75, 3.05) is 12.1 Å². The van der Waals surface area contributed by atoms with Gasteiger partial charge in [0.1, 0.15) is 0 Å². The van der Waals surface area contributed by atoms with Gasteiger partial charge in [-0.15, -0.1) is 0 Å². The molecule has 0 saturated heterocycles. The number of aromatic nitrogens is 2. The summed E-state index contributed by atoms with van der Waals surface area (Å²) in [7, 11) is 0. The normalized spacial score (nSPS) is 12.2. The highest BCUT2D eigenvalue weighted by atomic mass is 16.7. The van der Waals surface area contributed by atoms with Crippen molar-refractivity contribution in [1.82, 2.24) is 10.1 Å². The third-order valence-electron chi connectivity index (χ3n) is 3.72. The van der Waals surface area contributed by atoms with E-state index in [2.05, 4.69) is 15.5 Å². The molecule has 4 rings (SSSR count). The van der Waals surface area contributed by atoms with Crippen molar-refractivity contribution in [3.8, 4) is 22.9 Å². The summed E-state index contributed by atoms with van der Waals surface area (Å²) in [6, 6.07) is 14.8. The van der Waals surface area contributed by atoms with E-state index in [4.69, 9.17) is 14.0 Å². The van der Waals surface area contributed by atoms with Gasteiger partial charge in [-0.2, -0.15) is 4.98 Å². The molecule has 126 valence electrons. The minimum absolute atomic E-state index is 0.140. The van der Waals surface area contributed by atoms with Gasteiger partial charge >= 0.3 is 0 Å². The maximum atomic E-state index is 12.1. The fourth-order valence-corrected chi connectivity index (χ4v) is 2.48. The van der Waals surface area contributed by atoms with Crippen molar-refractivity contribution in [2.24, 2.45) is 0 Å². The third kappa shape index (κ3) is 3.45. The fourth-order valence-electron chi connectivity index (χ4n) is 2.48. The summed E-state index contributed by atoms with van der Waals surface area (Å²) in [6.45, 7) is 0.202. The molecule has 1 aliphatic rings. The molecule has 7 nitrogen and oxygen atoms in total. The molecule has 0 spiro atoms. The molecule has 1 aromatic heterocycles. The van der Waals surface area contributed by atoms with Gasteiger partial charge < -0.3 is 19.3 Å². The second-order valence-electron chi connectivity index (χ2n) is 5.49. The Balaban J connectivity index is 1.34. The van der Waals surface area contributed by atoms with E-state index >= 15 is 0 Å². The molecule has 1 N–H and O–H groups in total. The van der Waals surface area contributed by atoms with Gasteiger partial charge in [0.05, 0.1) is 0 Å². The summed E-state index contributed by atoms with van der Waals surface area (Å²) < 4.78 is 15.7. The standard InChI is InChI=1S/C18H15N3O4/c22-16(19-13-6-7-14-15(10-13)24-11-23-14)8-9-17-20-18(21-25-17)12-4-2-1-3-5-12/h1-7,10H,8-9,11H2,(H,19,22). The molecule has 0 atom stereocenters. The lowest BCUT2D eigenvalue weighted by Crippen LogP contribution is -2.12. The lowest BCUT2D eigenvalue weighted by atomic mass is 10.2. The SMILES string of the molecule is O=C(CCc1nc(-c2ccccc2)no1)Nc1ccc2c(c1)OCO2. The Morgan fingerprint density at radius 1 is 1.08 bits per heavy atom. The van der Waals surface area contributed by atoms with Crippen LogP contribution in [0, 0.1) is 0 Å². The number of nitrogens with zero attached hydrogens (tertiary/aromatic N) is 2. The summed E-state index contributed by atoms with van der Waals surface area (Å²) in [4.78, 5) is 16.4. The van der Waals surface area contributed by atoms with Crippen molar-refractivity contribution in [2.45, 2.75) is 12.8 Å². The van der Waals surface area contributed by atoms with Crippen LogP contribution in [-0.4, -0.2) is 22.8 Å². The Morgan fingerprint density at radius 2 is 1.92 bits per heavy atom. The number of aryl methyl sites for hydroxylation is 1. The van der Waals surface area contributed by atoms with Gasteiger partial charge in [-0.1, -0.05) is 35.5 Å². The van der Waals surface area contributed by atoms with Gasteiger partial charge in [0.25, 0.3) is 0 Å². The minimum Gasteiger partial charge on any atom is -0.454 e. The molecule has 0 aliphatic carbocycles. The predicted molar refractivity (Wildman–Crippen MR) is 89.2 cm³/mol. The quantitative estimate of drug-likeness (QED) is 0.770. The molecular formula is C18H15N3O4. The van der Waals surface area contributed by atoms with Crippen LogP contribution in [0.15, 0.2) is 53.1 Å². The van der Waals surface area contributed by atoms with E-state index in [9.17, 15) is 4.79 Å². The molecule has 0 radical (unpaired) electrons. The van der Waals surface area contributed by atoms with E-state index in [1.165, 1.54) is 0 Å².